The highest BCUT2D eigenvalue weighted by Crippen LogP contribution is 2.31. The van der Waals surface area contributed by atoms with Crippen LogP contribution in [0.4, 0.5) is 4.79 Å². The van der Waals surface area contributed by atoms with E-state index in [1.165, 1.54) is 4.70 Å². The van der Waals surface area contributed by atoms with Crippen LogP contribution in [-0.4, -0.2) is 28.0 Å². The second kappa shape index (κ2) is 8.72. The molecule has 1 heterocycles. The summed E-state index contributed by atoms with van der Waals surface area (Å²) in [6, 6.07) is 8.41. The lowest BCUT2D eigenvalue weighted by molar-refractivity contribution is 0.184. The third kappa shape index (κ3) is 5.47. The van der Waals surface area contributed by atoms with Crippen molar-refractivity contribution in [3.8, 4) is 0 Å². The first-order valence-electron chi connectivity index (χ1n) is 8.76. The number of benzene rings is 1. The lowest BCUT2D eigenvalue weighted by Gasteiger charge is -2.26. The summed E-state index contributed by atoms with van der Waals surface area (Å²) in [7, 11) is 0. The fourth-order valence-corrected chi connectivity index (χ4v) is 5.23. The Hall–Kier alpha value is -1.53. The first kappa shape index (κ1) is 18.3. The minimum Gasteiger partial charge on any atom is -0.465 e. The van der Waals surface area contributed by atoms with Gasteiger partial charge in [0.15, 0.2) is 4.34 Å². The SMILES string of the molecule is CC(/C=C/C1CCC(NC(=O)O)CC1)CSc1nc2ccccc2s1. The van der Waals surface area contributed by atoms with Crippen molar-refractivity contribution in [3.63, 3.8) is 0 Å². The average Bonchev–Trinajstić information content (AvgIpc) is 3.02. The molecule has 1 aromatic carbocycles. The molecular weight excluding hydrogens is 352 g/mol. The molecule has 1 aliphatic carbocycles. The van der Waals surface area contributed by atoms with E-state index in [2.05, 4.69) is 47.6 Å². The summed E-state index contributed by atoms with van der Waals surface area (Å²) in [6.07, 6.45) is 7.76. The fourth-order valence-electron chi connectivity index (χ4n) is 3.15. The zero-order chi connectivity index (χ0) is 17.6. The summed E-state index contributed by atoms with van der Waals surface area (Å²) in [5.74, 6) is 2.13. The molecule has 0 saturated heterocycles. The number of rotatable bonds is 6. The summed E-state index contributed by atoms with van der Waals surface area (Å²) >= 11 is 3.59. The van der Waals surface area contributed by atoms with E-state index < -0.39 is 6.09 Å². The van der Waals surface area contributed by atoms with Crippen molar-refractivity contribution in [1.82, 2.24) is 10.3 Å². The normalized spacial score (nSPS) is 22.3. The van der Waals surface area contributed by atoms with E-state index in [1.807, 2.05) is 17.8 Å². The molecule has 1 aliphatic rings. The number of fused-ring (bicyclic) bond motifs is 1. The number of carboxylic acid groups (broad SMARTS) is 1. The van der Waals surface area contributed by atoms with Gasteiger partial charge < -0.3 is 10.4 Å². The molecule has 0 aliphatic heterocycles. The van der Waals surface area contributed by atoms with Gasteiger partial charge in [-0.15, -0.1) is 11.3 Å². The van der Waals surface area contributed by atoms with Gasteiger partial charge >= 0.3 is 6.09 Å². The molecule has 1 amide bonds. The quantitative estimate of drug-likeness (QED) is 0.523. The number of hydrogen-bond donors (Lipinski definition) is 2. The van der Waals surface area contributed by atoms with Gasteiger partial charge in [0.2, 0.25) is 0 Å². The van der Waals surface area contributed by atoms with Crippen molar-refractivity contribution in [2.75, 3.05) is 5.75 Å². The Morgan fingerprint density at radius 1 is 1.40 bits per heavy atom. The molecule has 1 saturated carbocycles. The van der Waals surface area contributed by atoms with E-state index in [4.69, 9.17) is 5.11 Å². The Balaban J connectivity index is 1.42. The van der Waals surface area contributed by atoms with Gasteiger partial charge in [-0.3, -0.25) is 0 Å². The van der Waals surface area contributed by atoms with Gasteiger partial charge in [-0.2, -0.15) is 0 Å². The Labute approximate surface area is 156 Å². The number of thioether (sulfide) groups is 1. The largest absolute Gasteiger partial charge is 0.465 e. The molecule has 6 heteroatoms. The molecule has 134 valence electrons. The van der Waals surface area contributed by atoms with Crippen LogP contribution < -0.4 is 5.32 Å². The van der Waals surface area contributed by atoms with Crippen LogP contribution in [0.5, 0.6) is 0 Å². The third-order valence-corrected chi connectivity index (χ3v) is 7.02. The highest BCUT2D eigenvalue weighted by Gasteiger charge is 2.20. The number of nitrogens with one attached hydrogen (secondary N) is 1. The predicted octanol–water partition coefficient (Wildman–Crippen LogP) is 5.41. The molecular formula is C19H24N2O2S2. The Kier molecular flexibility index (Phi) is 6.37. The van der Waals surface area contributed by atoms with E-state index in [9.17, 15) is 4.79 Å². The first-order chi connectivity index (χ1) is 12.1. The molecule has 1 fully saturated rings. The molecule has 25 heavy (non-hydrogen) atoms. The standard InChI is InChI=1S/C19H24N2O2S2/c1-13(6-7-14-8-10-15(11-9-14)20-18(22)23)12-24-19-21-16-4-2-3-5-17(16)25-19/h2-7,13-15,20H,8-12H2,1H3,(H,22,23)/b7-6+. The van der Waals surface area contributed by atoms with Gasteiger partial charge in [0.1, 0.15) is 0 Å². The van der Waals surface area contributed by atoms with Crippen LogP contribution in [0.15, 0.2) is 40.8 Å². The van der Waals surface area contributed by atoms with E-state index in [0.717, 1.165) is 41.3 Å². The van der Waals surface area contributed by atoms with Gasteiger partial charge in [0.05, 0.1) is 10.2 Å². The van der Waals surface area contributed by atoms with Crippen LogP contribution in [0, 0.1) is 11.8 Å². The van der Waals surface area contributed by atoms with E-state index in [1.54, 1.807) is 11.3 Å². The maximum Gasteiger partial charge on any atom is 0.404 e. The summed E-state index contributed by atoms with van der Waals surface area (Å²) in [5.41, 5.74) is 1.09. The maximum atomic E-state index is 10.7. The number of hydrogen-bond acceptors (Lipinski definition) is 4. The highest BCUT2D eigenvalue weighted by molar-refractivity contribution is 8.01. The fraction of sp³-hybridized carbons (Fsp3) is 0.474. The molecule has 1 aromatic heterocycles. The zero-order valence-electron chi connectivity index (χ0n) is 14.4. The zero-order valence-corrected chi connectivity index (χ0v) is 16.0. The van der Waals surface area contributed by atoms with Gasteiger partial charge in [-0.05, 0) is 49.7 Å². The number of para-hydroxylation sites is 1. The number of thiazole rings is 1. The van der Waals surface area contributed by atoms with Gasteiger partial charge in [0, 0.05) is 11.8 Å². The van der Waals surface area contributed by atoms with Crippen LogP contribution in [0.25, 0.3) is 10.2 Å². The van der Waals surface area contributed by atoms with E-state index in [-0.39, 0.29) is 6.04 Å². The second-order valence-electron chi connectivity index (χ2n) is 6.68. The van der Waals surface area contributed by atoms with E-state index >= 15 is 0 Å². The van der Waals surface area contributed by atoms with Crippen molar-refractivity contribution >= 4 is 39.4 Å². The Morgan fingerprint density at radius 2 is 2.16 bits per heavy atom. The molecule has 0 radical (unpaired) electrons. The summed E-state index contributed by atoms with van der Waals surface area (Å²) in [6.45, 7) is 2.24. The molecule has 2 N–H and O–H groups in total. The molecule has 0 bridgehead atoms. The molecule has 1 atom stereocenters. The minimum absolute atomic E-state index is 0.133. The summed E-state index contributed by atoms with van der Waals surface area (Å²) in [4.78, 5) is 15.3. The number of nitrogens with zero attached hydrogens (tertiary/aromatic N) is 1. The van der Waals surface area contributed by atoms with Crippen molar-refractivity contribution in [2.45, 2.75) is 43.0 Å². The number of aromatic nitrogens is 1. The van der Waals surface area contributed by atoms with Crippen molar-refractivity contribution in [3.05, 3.63) is 36.4 Å². The molecule has 3 rings (SSSR count). The second-order valence-corrected chi connectivity index (χ2v) is 8.98. The van der Waals surface area contributed by atoms with Crippen molar-refractivity contribution in [1.29, 1.82) is 0 Å². The van der Waals surface area contributed by atoms with Gasteiger partial charge in [-0.1, -0.05) is 43.0 Å². The monoisotopic (exact) mass is 376 g/mol. The first-order valence-corrected chi connectivity index (χ1v) is 10.6. The topological polar surface area (TPSA) is 62.2 Å². The van der Waals surface area contributed by atoms with Crippen molar-refractivity contribution in [2.24, 2.45) is 11.8 Å². The average molecular weight is 377 g/mol. The third-order valence-electron chi connectivity index (χ3n) is 4.56. The predicted molar refractivity (Wildman–Crippen MR) is 106 cm³/mol. The van der Waals surface area contributed by atoms with Crippen LogP contribution in [0.2, 0.25) is 0 Å². The van der Waals surface area contributed by atoms with Crippen molar-refractivity contribution < 1.29 is 9.90 Å². The molecule has 2 aromatic rings. The Bertz CT molecular complexity index is 703. The van der Waals surface area contributed by atoms with Crippen LogP contribution in [-0.2, 0) is 0 Å². The Morgan fingerprint density at radius 3 is 2.88 bits per heavy atom. The maximum absolute atomic E-state index is 10.7. The van der Waals surface area contributed by atoms with Gasteiger partial charge in [0.25, 0.3) is 0 Å². The number of allylic oxidation sites excluding steroid dienone is 2. The lowest BCUT2D eigenvalue weighted by atomic mass is 9.85. The highest BCUT2D eigenvalue weighted by atomic mass is 32.2. The van der Waals surface area contributed by atoms with Gasteiger partial charge in [-0.25, -0.2) is 9.78 Å². The molecule has 1 unspecified atom stereocenters. The minimum atomic E-state index is -0.903. The van der Waals surface area contributed by atoms with Crippen LogP contribution in [0.1, 0.15) is 32.6 Å². The van der Waals surface area contributed by atoms with Crippen LogP contribution in [0.3, 0.4) is 0 Å². The summed E-state index contributed by atoms with van der Waals surface area (Å²) < 4.78 is 2.39. The van der Waals surface area contributed by atoms with Crippen LogP contribution >= 0.6 is 23.1 Å². The summed E-state index contributed by atoms with van der Waals surface area (Å²) in [5, 5.41) is 11.4. The molecule has 4 nitrogen and oxygen atoms in total. The number of amides is 1. The number of carbonyl (C=O) groups is 1. The smallest absolute Gasteiger partial charge is 0.404 e. The molecule has 0 spiro atoms. The van der Waals surface area contributed by atoms with E-state index in [0.29, 0.717) is 11.8 Å². The lowest BCUT2D eigenvalue weighted by Crippen LogP contribution is -2.36.